The van der Waals surface area contributed by atoms with Gasteiger partial charge in [0.05, 0.1) is 20.1 Å². The minimum atomic E-state index is -0.0565. The molecule has 0 bridgehead atoms. The Morgan fingerprint density at radius 2 is 1.82 bits per heavy atom. The van der Waals surface area contributed by atoms with Crippen LogP contribution in [0, 0.1) is 0 Å². The number of amides is 2. The highest BCUT2D eigenvalue weighted by Gasteiger charge is 2.07. The van der Waals surface area contributed by atoms with E-state index >= 15 is 0 Å². The number of anilines is 1. The van der Waals surface area contributed by atoms with Crippen molar-refractivity contribution in [3.8, 4) is 5.75 Å². The quantitative estimate of drug-likeness (QED) is 0.557. The summed E-state index contributed by atoms with van der Waals surface area (Å²) in [7, 11) is 1.64. The van der Waals surface area contributed by atoms with Crippen molar-refractivity contribution in [2.24, 2.45) is 0 Å². The van der Waals surface area contributed by atoms with Gasteiger partial charge in [-0.1, -0.05) is 19.1 Å². The van der Waals surface area contributed by atoms with E-state index in [4.69, 9.17) is 4.74 Å². The van der Waals surface area contributed by atoms with Crippen LogP contribution in [0.25, 0.3) is 10.9 Å². The van der Waals surface area contributed by atoms with Crippen LogP contribution in [-0.2, 0) is 22.6 Å². The third-order valence-electron chi connectivity index (χ3n) is 4.44. The maximum Gasteiger partial charge on any atom is 0.224 e. The van der Waals surface area contributed by atoms with E-state index in [1.54, 1.807) is 7.11 Å². The highest BCUT2D eigenvalue weighted by molar-refractivity contribution is 5.90. The molecule has 0 atom stereocenters. The lowest BCUT2D eigenvalue weighted by Gasteiger charge is -2.07. The van der Waals surface area contributed by atoms with Gasteiger partial charge in [-0.3, -0.25) is 9.59 Å². The van der Waals surface area contributed by atoms with Crippen LogP contribution in [0.5, 0.6) is 5.75 Å². The molecule has 2 amide bonds. The molecular formula is C22H25N3O3. The Morgan fingerprint density at radius 3 is 2.54 bits per heavy atom. The molecule has 0 fully saturated rings. The summed E-state index contributed by atoms with van der Waals surface area (Å²) in [6.45, 7) is 2.40. The summed E-state index contributed by atoms with van der Waals surface area (Å²) < 4.78 is 5.23. The van der Waals surface area contributed by atoms with Crippen LogP contribution in [0.4, 0.5) is 5.69 Å². The van der Waals surface area contributed by atoms with Crippen molar-refractivity contribution in [1.29, 1.82) is 0 Å². The Balaban J connectivity index is 1.52. The molecule has 0 radical (unpaired) electrons. The molecule has 0 spiro atoms. The van der Waals surface area contributed by atoms with Gasteiger partial charge in [-0.15, -0.1) is 0 Å². The number of nitrogens with one attached hydrogen (secondary N) is 3. The van der Waals surface area contributed by atoms with E-state index in [9.17, 15) is 9.59 Å². The number of methoxy groups -OCH3 is 1. The van der Waals surface area contributed by atoms with E-state index in [2.05, 4.69) is 15.6 Å². The van der Waals surface area contributed by atoms with E-state index in [0.717, 1.165) is 40.0 Å². The highest BCUT2D eigenvalue weighted by Crippen LogP contribution is 2.21. The first-order chi connectivity index (χ1) is 13.6. The van der Waals surface area contributed by atoms with Crippen LogP contribution in [-0.4, -0.2) is 23.9 Å². The van der Waals surface area contributed by atoms with Crippen LogP contribution in [0.1, 0.15) is 31.0 Å². The van der Waals surface area contributed by atoms with E-state index < -0.39 is 0 Å². The zero-order valence-corrected chi connectivity index (χ0v) is 16.2. The monoisotopic (exact) mass is 379 g/mol. The molecule has 3 aromatic rings. The summed E-state index contributed by atoms with van der Waals surface area (Å²) in [6.07, 6.45) is 1.61. The average molecular weight is 379 g/mol. The predicted molar refractivity (Wildman–Crippen MR) is 110 cm³/mol. The SMILES string of the molecule is CCCC(=O)Nc1ccc(CC(=O)NCc2cc3cc(OC)ccc3[nH]2)cc1. The topological polar surface area (TPSA) is 83.2 Å². The lowest BCUT2D eigenvalue weighted by atomic mass is 10.1. The average Bonchev–Trinajstić information content (AvgIpc) is 3.10. The number of aromatic nitrogens is 1. The summed E-state index contributed by atoms with van der Waals surface area (Å²) >= 11 is 0. The van der Waals surface area contributed by atoms with E-state index in [1.165, 1.54) is 0 Å². The fraction of sp³-hybridized carbons (Fsp3) is 0.273. The standard InChI is InChI=1S/C22H25N3O3/c1-3-4-21(26)25-17-7-5-15(6-8-17)11-22(27)23-14-18-12-16-13-19(28-2)9-10-20(16)24-18/h5-10,12-13,24H,3-4,11,14H2,1-2H3,(H,23,27)(H,25,26). The number of fused-ring (bicyclic) bond motifs is 1. The highest BCUT2D eigenvalue weighted by atomic mass is 16.5. The van der Waals surface area contributed by atoms with Gasteiger partial charge in [-0.05, 0) is 48.4 Å². The second kappa shape index (κ2) is 9.08. The molecule has 3 rings (SSSR count). The second-order valence-electron chi connectivity index (χ2n) is 6.70. The van der Waals surface area contributed by atoms with Gasteiger partial charge >= 0.3 is 0 Å². The number of H-pyrrole nitrogens is 1. The minimum absolute atomic E-state index is 0.00366. The largest absolute Gasteiger partial charge is 0.497 e. The number of carbonyl (C=O) groups is 2. The maximum absolute atomic E-state index is 12.2. The number of carbonyl (C=O) groups excluding carboxylic acids is 2. The van der Waals surface area contributed by atoms with Crippen molar-refractivity contribution >= 4 is 28.4 Å². The molecule has 6 heteroatoms. The Kier molecular flexibility index (Phi) is 6.32. The molecule has 3 N–H and O–H groups in total. The molecule has 28 heavy (non-hydrogen) atoms. The van der Waals surface area contributed by atoms with Crippen LogP contribution in [0.15, 0.2) is 48.5 Å². The van der Waals surface area contributed by atoms with Gasteiger partial charge in [-0.25, -0.2) is 0 Å². The second-order valence-corrected chi connectivity index (χ2v) is 6.70. The molecule has 6 nitrogen and oxygen atoms in total. The lowest BCUT2D eigenvalue weighted by Crippen LogP contribution is -2.24. The van der Waals surface area contributed by atoms with Gasteiger partial charge in [0.25, 0.3) is 0 Å². The van der Waals surface area contributed by atoms with Crippen molar-refractivity contribution in [2.75, 3.05) is 12.4 Å². The number of hydrogen-bond acceptors (Lipinski definition) is 3. The maximum atomic E-state index is 12.2. The predicted octanol–water partition coefficient (Wildman–Crippen LogP) is 3.77. The normalized spacial score (nSPS) is 10.6. The number of hydrogen-bond donors (Lipinski definition) is 3. The summed E-state index contributed by atoms with van der Waals surface area (Å²) in [4.78, 5) is 27.1. The molecule has 1 heterocycles. The van der Waals surface area contributed by atoms with Crippen LogP contribution < -0.4 is 15.4 Å². The lowest BCUT2D eigenvalue weighted by molar-refractivity contribution is -0.120. The number of benzene rings is 2. The van der Waals surface area contributed by atoms with Gasteiger partial charge < -0.3 is 20.4 Å². The molecule has 146 valence electrons. The molecule has 0 aliphatic rings. The number of aromatic amines is 1. The fourth-order valence-corrected chi connectivity index (χ4v) is 2.99. The van der Waals surface area contributed by atoms with Crippen molar-refractivity contribution in [3.05, 3.63) is 59.8 Å². The zero-order chi connectivity index (χ0) is 19.9. The van der Waals surface area contributed by atoms with Gasteiger partial charge in [0.2, 0.25) is 11.8 Å². The van der Waals surface area contributed by atoms with Crippen molar-refractivity contribution in [3.63, 3.8) is 0 Å². The van der Waals surface area contributed by atoms with Crippen molar-refractivity contribution < 1.29 is 14.3 Å². The van der Waals surface area contributed by atoms with Crippen molar-refractivity contribution in [1.82, 2.24) is 10.3 Å². The number of rotatable bonds is 8. The molecule has 2 aromatic carbocycles. The Bertz CT molecular complexity index is 961. The first-order valence-electron chi connectivity index (χ1n) is 9.38. The molecular weight excluding hydrogens is 354 g/mol. The molecule has 1 aromatic heterocycles. The number of ether oxygens (including phenoxy) is 1. The van der Waals surface area contributed by atoms with Crippen LogP contribution in [0.3, 0.4) is 0 Å². The first-order valence-corrected chi connectivity index (χ1v) is 9.38. The molecule has 0 unspecified atom stereocenters. The molecule has 0 aliphatic heterocycles. The van der Waals surface area contributed by atoms with Crippen LogP contribution >= 0.6 is 0 Å². The van der Waals surface area contributed by atoms with E-state index in [1.807, 2.05) is 55.5 Å². The van der Waals surface area contributed by atoms with Gasteiger partial charge in [-0.2, -0.15) is 0 Å². The first kappa shape index (κ1) is 19.5. The van der Waals surface area contributed by atoms with E-state index in [0.29, 0.717) is 13.0 Å². The third kappa shape index (κ3) is 5.13. The van der Waals surface area contributed by atoms with Gasteiger partial charge in [0.1, 0.15) is 5.75 Å². The Labute approximate surface area is 164 Å². The smallest absolute Gasteiger partial charge is 0.224 e. The van der Waals surface area contributed by atoms with E-state index in [-0.39, 0.29) is 18.2 Å². The minimum Gasteiger partial charge on any atom is -0.497 e. The molecule has 0 saturated carbocycles. The summed E-state index contributed by atoms with van der Waals surface area (Å²) in [6, 6.07) is 15.2. The summed E-state index contributed by atoms with van der Waals surface area (Å²) in [5.74, 6) is 0.749. The molecule has 0 saturated heterocycles. The van der Waals surface area contributed by atoms with Crippen molar-refractivity contribution in [2.45, 2.75) is 32.7 Å². The van der Waals surface area contributed by atoms with Gasteiger partial charge in [0.15, 0.2) is 0 Å². The molecule has 0 aliphatic carbocycles. The Morgan fingerprint density at radius 1 is 1.04 bits per heavy atom. The van der Waals surface area contributed by atoms with Gasteiger partial charge in [0, 0.05) is 28.7 Å². The zero-order valence-electron chi connectivity index (χ0n) is 16.2. The third-order valence-corrected chi connectivity index (χ3v) is 4.44. The fourth-order valence-electron chi connectivity index (χ4n) is 2.99. The summed E-state index contributed by atoms with van der Waals surface area (Å²) in [5, 5.41) is 6.81. The Hall–Kier alpha value is -3.28. The van der Waals surface area contributed by atoms with Crippen LogP contribution in [0.2, 0.25) is 0 Å². The summed E-state index contributed by atoms with van der Waals surface area (Å²) in [5.41, 5.74) is 3.58.